The zero-order chi connectivity index (χ0) is 35.5. The molecule has 0 fully saturated rings. The van der Waals surface area contributed by atoms with Crippen LogP contribution in [0.2, 0.25) is 0 Å². The molecule has 0 aliphatic rings. The van der Waals surface area contributed by atoms with Crippen molar-refractivity contribution in [2.24, 2.45) is 0 Å². The quantitative estimate of drug-likeness (QED) is 0.123. The third-order valence-corrected chi connectivity index (χ3v) is 8.67. The fraction of sp³-hybridized carbons (Fsp3) is 0.149. The third kappa shape index (κ3) is 10.4. The van der Waals surface area contributed by atoms with Crippen molar-refractivity contribution in [3.63, 3.8) is 0 Å². The van der Waals surface area contributed by atoms with E-state index >= 15 is 0 Å². The Morgan fingerprint density at radius 1 is 0.510 bits per heavy atom. The van der Waals surface area contributed by atoms with Gasteiger partial charge in [-0.3, -0.25) is 0 Å². The Morgan fingerprint density at radius 2 is 0.922 bits per heavy atom. The molecule has 0 aromatic heterocycles. The van der Waals surface area contributed by atoms with Crippen molar-refractivity contribution < 1.29 is 23.3 Å². The summed E-state index contributed by atoms with van der Waals surface area (Å²) in [5.74, 6) is 0. The van der Waals surface area contributed by atoms with Crippen LogP contribution in [0.1, 0.15) is 43.0 Å². The van der Waals surface area contributed by atoms with E-state index < -0.39 is 0 Å². The predicted octanol–water partition coefficient (Wildman–Crippen LogP) is 14.4. The van der Waals surface area contributed by atoms with E-state index in [0.717, 1.165) is 6.42 Å². The van der Waals surface area contributed by atoms with Gasteiger partial charge in [-0.1, -0.05) is 121 Å². The van der Waals surface area contributed by atoms with Gasteiger partial charge in [0.05, 0.1) is 0 Å². The maximum atomic E-state index is 3.25. The van der Waals surface area contributed by atoms with Crippen LogP contribution >= 0.6 is 24.8 Å². The average molecular weight is 803 g/mol. The number of aryl methyl sites for hydroxylation is 4. The average Bonchev–Trinajstić information content (AvgIpc) is 3.75. The Kier molecular flexibility index (Phi) is 18.3. The molecular weight excluding hydrogens is 755 g/mol. The van der Waals surface area contributed by atoms with E-state index in [0.29, 0.717) is 0 Å². The summed E-state index contributed by atoms with van der Waals surface area (Å²) in [5, 5.41) is 10.6. The van der Waals surface area contributed by atoms with Gasteiger partial charge in [-0.2, -0.15) is 26.0 Å². The van der Waals surface area contributed by atoms with E-state index in [1.54, 1.807) is 13.8 Å². The van der Waals surface area contributed by atoms with Crippen molar-refractivity contribution in [2.75, 3.05) is 0 Å². The molecule has 0 spiro atoms. The van der Waals surface area contributed by atoms with Gasteiger partial charge < -0.3 is 13.8 Å². The van der Waals surface area contributed by atoms with Gasteiger partial charge in [0.2, 0.25) is 0 Å². The number of benzene rings is 6. The first-order valence-corrected chi connectivity index (χ1v) is 21.2. The molecule has 8 aromatic rings. The van der Waals surface area contributed by atoms with Gasteiger partial charge in [-0.25, -0.2) is 0 Å². The Hall–Kier alpha value is -3.26. The molecule has 0 saturated carbocycles. The van der Waals surface area contributed by atoms with Gasteiger partial charge in [0.1, 0.15) is 0 Å². The Balaban J connectivity index is 0.000000299. The van der Waals surface area contributed by atoms with Gasteiger partial charge in [-0.15, -0.1) is 81.8 Å². The Morgan fingerprint density at radius 3 is 1.37 bits per heavy atom. The summed E-state index contributed by atoms with van der Waals surface area (Å²) in [6.45, 7) is 21.8. The van der Waals surface area contributed by atoms with Crippen LogP contribution in [0.4, 0.5) is 0 Å². The molecule has 0 aliphatic heterocycles. The number of hydrogen-bond donors (Lipinski definition) is 0. The van der Waals surface area contributed by atoms with Crippen molar-refractivity contribution in [1.29, 1.82) is 0 Å². The molecular formula is C47H48Cl2SiZr-4. The van der Waals surface area contributed by atoms with E-state index in [4.69, 9.17) is 0 Å². The Labute approximate surface area is 335 Å². The third-order valence-electron chi connectivity index (χ3n) is 8.67. The minimum atomic E-state index is 0. The van der Waals surface area contributed by atoms with Crippen molar-refractivity contribution in [2.45, 2.75) is 48.0 Å². The van der Waals surface area contributed by atoms with E-state index in [9.17, 15) is 0 Å². The van der Waals surface area contributed by atoms with Crippen LogP contribution in [-0.4, -0.2) is 6.88 Å². The van der Waals surface area contributed by atoms with Crippen LogP contribution < -0.4 is 0 Å². The summed E-state index contributed by atoms with van der Waals surface area (Å²) < 4.78 is 0. The summed E-state index contributed by atoms with van der Waals surface area (Å²) in [6.07, 6.45) is 1.09. The molecule has 0 unspecified atom stereocenters. The fourth-order valence-corrected chi connectivity index (χ4v) is 6.55. The molecule has 0 amide bonds. The van der Waals surface area contributed by atoms with Crippen LogP contribution in [0, 0.1) is 34.6 Å². The molecule has 8 aromatic carbocycles. The molecule has 0 aliphatic carbocycles. The normalized spacial score (nSPS) is 9.86. The molecule has 0 N–H and O–H groups in total. The van der Waals surface area contributed by atoms with Gasteiger partial charge in [-0.05, 0) is 65.1 Å². The standard InChI is InChI=1S/C22H19.C21H17.2C2H5.2ClH.Si.Zr/c1-3-16-12-20-10-15(2)11-21(22(20)13-16)19-9-8-17-6-4-5-7-18(17)14-19;1-14-9-19-10-15(2)12-21(19)20(11-14)18-8-7-16-5-3-4-6-17(16)13-18;2*1-2;;;;/h4-14H,3H2,1-2H3;3-13H,1-2H3;2*1H2,2H3;2*1H;;/q4*-1;;;;. The van der Waals surface area contributed by atoms with E-state index in [1.807, 2.05) is 0 Å². The second-order valence-corrected chi connectivity index (χ2v) is 12.0. The van der Waals surface area contributed by atoms with Crippen molar-refractivity contribution in [3.8, 4) is 22.3 Å². The van der Waals surface area contributed by atoms with Gasteiger partial charge in [0.15, 0.2) is 0 Å². The first-order chi connectivity index (χ1) is 23.9. The van der Waals surface area contributed by atoms with Crippen molar-refractivity contribution in [3.05, 3.63) is 170 Å². The molecule has 0 heterocycles. The molecule has 0 atom stereocenters. The fourth-order valence-electron chi connectivity index (χ4n) is 6.55. The molecule has 4 heteroatoms. The van der Waals surface area contributed by atoms with Gasteiger partial charge in [0.25, 0.3) is 0 Å². The van der Waals surface area contributed by atoms with Crippen LogP contribution in [0.5, 0.6) is 0 Å². The summed E-state index contributed by atoms with van der Waals surface area (Å²) >= 11 is 1.36. The van der Waals surface area contributed by atoms with Crippen molar-refractivity contribution in [1.82, 2.24) is 0 Å². The second kappa shape index (κ2) is 21.3. The van der Waals surface area contributed by atoms with Crippen LogP contribution in [0.3, 0.4) is 0 Å². The zero-order valence-electron chi connectivity index (χ0n) is 30.6. The predicted molar refractivity (Wildman–Crippen MR) is 231 cm³/mol. The molecule has 8 rings (SSSR count). The topological polar surface area (TPSA) is 0 Å². The summed E-state index contributed by atoms with van der Waals surface area (Å²) in [7, 11) is 0. The summed E-state index contributed by atoms with van der Waals surface area (Å²) in [6, 6.07) is 49.0. The zero-order valence-corrected chi connectivity index (χ0v) is 35.7. The second-order valence-electron chi connectivity index (χ2n) is 12.0. The van der Waals surface area contributed by atoms with E-state index in [1.165, 1.54) is 111 Å². The number of rotatable bonds is 3. The van der Waals surface area contributed by atoms with Gasteiger partial charge >= 0.3 is 30.2 Å². The van der Waals surface area contributed by atoms with Crippen LogP contribution in [0.25, 0.3) is 65.3 Å². The maximum absolute atomic E-state index is 3.25. The molecule has 0 saturated heterocycles. The molecule has 0 bridgehead atoms. The molecule has 2 radical (unpaired) electrons. The number of fused-ring (bicyclic) bond motifs is 4. The Bertz CT molecular complexity index is 2290. The van der Waals surface area contributed by atoms with Crippen LogP contribution in [0.15, 0.2) is 133 Å². The van der Waals surface area contributed by atoms with E-state index in [-0.39, 0.29) is 24.8 Å². The first-order valence-electron chi connectivity index (χ1n) is 17.0. The SMILES string of the molecule is CCc1cc2c(-c3ccc4ccccc4c3)cc(C)cc2[cH-]1.Cc1cc(-c2ccc3ccccc3c2)c2cc(C)[cH-]c2c1.Cl.Cl.[CH2-]C.[CH2-]C.[Si]=[Zr]. The molecule has 51 heavy (non-hydrogen) atoms. The van der Waals surface area contributed by atoms with Crippen molar-refractivity contribution >= 4 is 74.8 Å². The number of hydrogen-bond acceptors (Lipinski definition) is 0. The first kappa shape index (κ1) is 43.9. The summed E-state index contributed by atoms with van der Waals surface area (Å²) in [5.41, 5.74) is 10.7. The minimum absolute atomic E-state index is 0. The van der Waals surface area contributed by atoms with Crippen LogP contribution in [-0.2, 0) is 29.8 Å². The summed E-state index contributed by atoms with van der Waals surface area (Å²) in [4.78, 5) is 0. The molecule has 262 valence electrons. The van der Waals surface area contributed by atoms with E-state index in [2.05, 4.69) is 182 Å². The monoisotopic (exact) mass is 800 g/mol. The molecule has 0 nitrogen and oxygen atoms in total. The number of halogens is 2. The van der Waals surface area contributed by atoms with Gasteiger partial charge in [0, 0.05) is 0 Å².